The largest absolute Gasteiger partial charge is 0.474 e. The molecule has 0 unspecified atom stereocenters. The van der Waals surface area contributed by atoms with E-state index in [-0.39, 0.29) is 5.41 Å². The number of anilines is 2. The van der Waals surface area contributed by atoms with Crippen LogP contribution < -0.4 is 15.8 Å². The first-order valence-corrected chi connectivity index (χ1v) is 7.79. The molecule has 0 radical (unpaired) electrons. The molecular weight excluding hydrogens is 280 g/mol. The number of nitrogen functional groups attached to an aromatic ring is 1. The Morgan fingerprint density at radius 1 is 1.18 bits per heavy atom. The molecule has 0 aliphatic rings. The van der Waals surface area contributed by atoms with Gasteiger partial charge in [0.1, 0.15) is 18.1 Å². The van der Waals surface area contributed by atoms with E-state index in [4.69, 9.17) is 15.2 Å². The third kappa shape index (κ3) is 5.67. The molecule has 0 bridgehead atoms. The predicted octanol–water partition coefficient (Wildman–Crippen LogP) is 2.84. The number of ether oxygens (including phenoxy) is 2. The second-order valence-corrected chi connectivity index (χ2v) is 6.82. The van der Waals surface area contributed by atoms with Crippen molar-refractivity contribution in [3.63, 3.8) is 0 Å². The van der Waals surface area contributed by atoms with Gasteiger partial charge in [-0.1, -0.05) is 34.6 Å². The molecule has 126 valence electrons. The van der Waals surface area contributed by atoms with E-state index in [1.165, 1.54) is 0 Å². The maximum Gasteiger partial charge on any atom is 0.242 e. The fourth-order valence-electron chi connectivity index (χ4n) is 1.73. The van der Waals surface area contributed by atoms with Gasteiger partial charge in [-0.2, -0.15) is 4.98 Å². The second kappa shape index (κ2) is 8.17. The second-order valence-electron chi connectivity index (χ2n) is 6.82. The summed E-state index contributed by atoms with van der Waals surface area (Å²) in [4.78, 5) is 9.04. The van der Waals surface area contributed by atoms with Crippen molar-refractivity contribution in [2.75, 3.05) is 37.9 Å². The first kappa shape index (κ1) is 18.5. The Balaban J connectivity index is 2.99. The Labute approximate surface area is 133 Å². The minimum atomic E-state index is -0.179. The van der Waals surface area contributed by atoms with Crippen molar-refractivity contribution >= 4 is 11.5 Å². The van der Waals surface area contributed by atoms with Gasteiger partial charge in [0.15, 0.2) is 5.82 Å². The summed E-state index contributed by atoms with van der Waals surface area (Å²) in [6.45, 7) is 12.3. The Kier molecular flexibility index (Phi) is 6.87. The van der Waals surface area contributed by atoms with Crippen molar-refractivity contribution in [1.29, 1.82) is 0 Å². The van der Waals surface area contributed by atoms with E-state index in [2.05, 4.69) is 49.9 Å². The highest BCUT2D eigenvalue weighted by Crippen LogP contribution is 2.30. The SMILES string of the molecule is COCCOc1nc(C(C)(C)C)nc(NCCC(C)C)c1N. The predicted molar refractivity (Wildman–Crippen MR) is 90.5 cm³/mol. The standard InChI is InChI=1S/C16H30N4O2/c1-11(2)7-8-18-13-12(17)14(22-10-9-21-6)20-15(19-13)16(3,4)5/h11H,7-10,17H2,1-6H3,(H,18,19,20). The molecule has 0 aromatic carbocycles. The van der Waals surface area contributed by atoms with Crippen molar-refractivity contribution in [2.24, 2.45) is 5.92 Å². The first-order chi connectivity index (χ1) is 10.3. The fraction of sp³-hybridized carbons (Fsp3) is 0.750. The third-order valence-electron chi connectivity index (χ3n) is 3.12. The molecule has 0 aliphatic carbocycles. The highest BCUT2D eigenvalue weighted by Gasteiger charge is 2.22. The minimum absolute atomic E-state index is 0.179. The van der Waals surface area contributed by atoms with Crippen molar-refractivity contribution in [2.45, 2.75) is 46.5 Å². The van der Waals surface area contributed by atoms with Crippen LogP contribution in [0.15, 0.2) is 0 Å². The zero-order valence-corrected chi connectivity index (χ0v) is 14.7. The van der Waals surface area contributed by atoms with Crippen LogP contribution in [0.5, 0.6) is 5.88 Å². The number of aromatic nitrogens is 2. The highest BCUT2D eigenvalue weighted by atomic mass is 16.5. The quantitative estimate of drug-likeness (QED) is 0.718. The summed E-state index contributed by atoms with van der Waals surface area (Å²) in [6, 6.07) is 0. The Morgan fingerprint density at radius 3 is 2.41 bits per heavy atom. The lowest BCUT2D eigenvalue weighted by Crippen LogP contribution is -2.20. The van der Waals surface area contributed by atoms with Crippen LogP contribution in [0, 0.1) is 5.92 Å². The average Bonchev–Trinajstić information content (AvgIpc) is 2.41. The van der Waals surface area contributed by atoms with E-state index in [0.717, 1.165) is 13.0 Å². The monoisotopic (exact) mass is 310 g/mol. The van der Waals surface area contributed by atoms with Crippen LogP contribution in [0.3, 0.4) is 0 Å². The van der Waals surface area contributed by atoms with Crippen LogP contribution >= 0.6 is 0 Å². The first-order valence-electron chi connectivity index (χ1n) is 7.79. The lowest BCUT2D eigenvalue weighted by atomic mass is 9.96. The van der Waals surface area contributed by atoms with E-state index in [1.54, 1.807) is 7.11 Å². The number of nitrogens with zero attached hydrogens (tertiary/aromatic N) is 2. The smallest absolute Gasteiger partial charge is 0.242 e. The maximum absolute atomic E-state index is 6.14. The van der Waals surface area contributed by atoms with Crippen molar-refractivity contribution in [3.05, 3.63) is 5.82 Å². The van der Waals surface area contributed by atoms with Crippen molar-refractivity contribution in [1.82, 2.24) is 9.97 Å². The van der Waals surface area contributed by atoms with E-state index in [0.29, 0.717) is 42.3 Å². The molecule has 6 heteroatoms. The molecular formula is C16H30N4O2. The van der Waals surface area contributed by atoms with Crippen LogP contribution in [-0.4, -0.2) is 36.8 Å². The maximum atomic E-state index is 6.14. The van der Waals surface area contributed by atoms with Crippen molar-refractivity contribution in [3.8, 4) is 5.88 Å². The molecule has 1 aromatic rings. The van der Waals surface area contributed by atoms with Crippen LogP contribution in [0.1, 0.15) is 46.9 Å². The van der Waals surface area contributed by atoms with E-state index in [1.807, 2.05) is 0 Å². The molecule has 6 nitrogen and oxygen atoms in total. The van der Waals surface area contributed by atoms with Gasteiger partial charge in [-0.05, 0) is 12.3 Å². The van der Waals surface area contributed by atoms with Gasteiger partial charge < -0.3 is 20.5 Å². The fourth-order valence-corrected chi connectivity index (χ4v) is 1.73. The van der Waals surface area contributed by atoms with Crippen LogP contribution in [0.4, 0.5) is 11.5 Å². The summed E-state index contributed by atoms with van der Waals surface area (Å²) < 4.78 is 10.6. The van der Waals surface area contributed by atoms with Gasteiger partial charge >= 0.3 is 0 Å². The molecule has 0 spiro atoms. The van der Waals surface area contributed by atoms with Gasteiger partial charge in [-0.25, -0.2) is 4.98 Å². The number of methoxy groups -OCH3 is 1. The number of nitrogens with two attached hydrogens (primary N) is 1. The summed E-state index contributed by atoms with van der Waals surface area (Å²) in [5.74, 6) is 2.40. The number of nitrogens with one attached hydrogen (secondary N) is 1. The van der Waals surface area contributed by atoms with Gasteiger partial charge in [0.25, 0.3) is 0 Å². The third-order valence-corrected chi connectivity index (χ3v) is 3.12. The summed E-state index contributed by atoms with van der Waals surface area (Å²) in [7, 11) is 1.63. The van der Waals surface area contributed by atoms with Gasteiger partial charge in [0.2, 0.25) is 5.88 Å². The van der Waals surface area contributed by atoms with Crippen LogP contribution in [-0.2, 0) is 10.2 Å². The summed E-state index contributed by atoms with van der Waals surface area (Å²) in [5, 5.41) is 3.30. The van der Waals surface area contributed by atoms with Gasteiger partial charge in [-0.3, -0.25) is 0 Å². The molecule has 0 fully saturated rings. The molecule has 0 amide bonds. The summed E-state index contributed by atoms with van der Waals surface area (Å²) in [5.41, 5.74) is 6.41. The minimum Gasteiger partial charge on any atom is -0.474 e. The molecule has 22 heavy (non-hydrogen) atoms. The van der Waals surface area contributed by atoms with Gasteiger partial charge in [0.05, 0.1) is 6.61 Å². The summed E-state index contributed by atoms with van der Waals surface area (Å²) in [6.07, 6.45) is 1.05. The molecule has 0 atom stereocenters. The van der Waals surface area contributed by atoms with Crippen LogP contribution in [0.25, 0.3) is 0 Å². The van der Waals surface area contributed by atoms with Crippen molar-refractivity contribution < 1.29 is 9.47 Å². The number of rotatable bonds is 8. The molecule has 0 saturated carbocycles. The van der Waals surface area contributed by atoms with Gasteiger partial charge in [-0.15, -0.1) is 0 Å². The number of hydrogen-bond acceptors (Lipinski definition) is 6. The molecule has 1 heterocycles. The zero-order chi connectivity index (χ0) is 16.8. The number of hydrogen-bond donors (Lipinski definition) is 2. The average molecular weight is 310 g/mol. The Hall–Kier alpha value is -1.56. The molecule has 0 saturated heterocycles. The molecule has 3 N–H and O–H groups in total. The lowest BCUT2D eigenvalue weighted by Gasteiger charge is -2.20. The highest BCUT2D eigenvalue weighted by molar-refractivity contribution is 5.67. The zero-order valence-electron chi connectivity index (χ0n) is 14.7. The van der Waals surface area contributed by atoms with Gasteiger partial charge in [0, 0.05) is 19.1 Å². The lowest BCUT2D eigenvalue weighted by molar-refractivity contribution is 0.144. The van der Waals surface area contributed by atoms with E-state index in [9.17, 15) is 0 Å². The molecule has 0 aliphatic heterocycles. The summed E-state index contributed by atoms with van der Waals surface area (Å²) >= 11 is 0. The normalized spacial score (nSPS) is 11.8. The Morgan fingerprint density at radius 2 is 1.86 bits per heavy atom. The van der Waals surface area contributed by atoms with E-state index < -0.39 is 0 Å². The van der Waals surface area contributed by atoms with E-state index >= 15 is 0 Å². The molecule has 1 rings (SSSR count). The molecule has 1 aromatic heterocycles. The Bertz CT molecular complexity index is 470. The van der Waals surface area contributed by atoms with Crippen LogP contribution in [0.2, 0.25) is 0 Å². The topological polar surface area (TPSA) is 82.3 Å².